The zero-order chi connectivity index (χ0) is 24.1. The number of nitrogens with one attached hydrogen (secondary N) is 1. The normalized spacial score (nSPS) is 23.6. The molecule has 1 aromatic carbocycles. The first-order valence-electron chi connectivity index (χ1n) is 11.9. The molecule has 0 bridgehead atoms. The quantitative estimate of drug-likeness (QED) is 0.649. The number of hydrogen-bond acceptors (Lipinski definition) is 5. The van der Waals surface area contributed by atoms with Gasteiger partial charge in [0.05, 0.1) is 19.4 Å². The van der Waals surface area contributed by atoms with Crippen LogP contribution in [0.5, 0.6) is 5.75 Å². The molecule has 33 heavy (non-hydrogen) atoms. The number of carbonyl (C=O) groups excluding carboxylic acids is 2. The second-order valence-corrected chi connectivity index (χ2v) is 11.4. The molecule has 1 heterocycles. The van der Waals surface area contributed by atoms with Crippen LogP contribution in [-0.2, 0) is 26.2 Å². The number of nitrogens with zero attached hydrogens (tertiary/aromatic N) is 2. The summed E-state index contributed by atoms with van der Waals surface area (Å²) in [6, 6.07) is 7.46. The largest absolute Gasteiger partial charge is 0.494 e. The first-order chi connectivity index (χ1) is 15.6. The van der Waals surface area contributed by atoms with Crippen molar-refractivity contribution in [2.45, 2.75) is 76.9 Å². The van der Waals surface area contributed by atoms with Crippen LogP contribution in [0, 0.1) is 0 Å². The Hall–Kier alpha value is -2.13. The van der Waals surface area contributed by atoms with Gasteiger partial charge in [-0.1, -0.05) is 44.2 Å². The predicted octanol–water partition coefficient (Wildman–Crippen LogP) is 2.68. The average molecular weight is 480 g/mol. The lowest BCUT2D eigenvalue weighted by molar-refractivity contribution is -0.154. The van der Waals surface area contributed by atoms with Crippen molar-refractivity contribution in [3.8, 4) is 5.75 Å². The van der Waals surface area contributed by atoms with Gasteiger partial charge in [0.1, 0.15) is 11.3 Å². The highest BCUT2D eigenvalue weighted by Crippen LogP contribution is 2.28. The van der Waals surface area contributed by atoms with E-state index in [0.29, 0.717) is 6.61 Å². The summed E-state index contributed by atoms with van der Waals surface area (Å²) in [4.78, 5) is 28.3. The van der Waals surface area contributed by atoms with Gasteiger partial charge in [-0.15, -0.1) is 0 Å². The third-order valence-corrected chi connectivity index (χ3v) is 7.86. The molecule has 1 saturated carbocycles. The highest BCUT2D eigenvalue weighted by Gasteiger charge is 2.49. The van der Waals surface area contributed by atoms with E-state index in [-0.39, 0.29) is 37.5 Å². The van der Waals surface area contributed by atoms with E-state index in [9.17, 15) is 18.0 Å². The molecule has 1 atom stereocenters. The van der Waals surface area contributed by atoms with Crippen molar-refractivity contribution < 1.29 is 22.7 Å². The molecular weight excluding hydrogens is 442 g/mol. The van der Waals surface area contributed by atoms with Crippen LogP contribution in [0.15, 0.2) is 24.3 Å². The number of rotatable bonds is 7. The summed E-state index contributed by atoms with van der Waals surface area (Å²) in [5.41, 5.74) is -0.455. The molecule has 1 aliphatic heterocycles. The molecule has 0 unspecified atom stereocenters. The summed E-state index contributed by atoms with van der Waals surface area (Å²) in [7, 11) is -3.63. The molecule has 8 nitrogen and oxygen atoms in total. The lowest BCUT2D eigenvalue weighted by Gasteiger charge is -2.47. The van der Waals surface area contributed by atoms with E-state index in [1.807, 2.05) is 31.2 Å². The summed E-state index contributed by atoms with van der Waals surface area (Å²) in [6.07, 6.45) is 8.57. The molecule has 0 radical (unpaired) electrons. The molecule has 0 spiro atoms. The number of carbonyl (C=O) groups is 2. The van der Waals surface area contributed by atoms with E-state index >= 15 is 0 Å². The minimum Gasteiger partial charge on any atom is -0.494 e. The Bertz CT molecular complexity index is 926. The van der Waals surface area contributed by atoms with Gasteiger partial charge in [0, 0.05) is 19.1 Å². The SMILES string of the molecule is CCOc1ccc(CN2C(=O)CN(S(C)(=O)=O)C[C@@]2(C)C(=O)NC2CCCCCCC2)cc1. The van der Waals surface area contributed by atoms with Crippen molar-refractivity contribution in [2.24, 2.45) is 0 Å². The number of ether oxygens (including phenoxy) is 1. The van der Waals surface area contributed by atoms with Crippen molar-refractivity contribution in [1.29, 1.82) is 0 Å². The Labute approximate surface area is 197 Å². The third-order valence-electron chi connectivity index (χ3n) is 6.67. The van der Waals surface area contributed by atoms with Gasteiger partial charge in [0.2, 0.25) is 21.8 Å². The summed E-state index contributed by atoms with van der Waals surface area (Å²) in [5, 5.41) is 3.16. The van der Waals surface area contributed by atoms with E-state index < -0.39 is 15.6 Å². The Kier molecular flexibility index (Phi) is 8.39. The maximum Gasteiger partial charge on any atom is 0.247 e. The van der Waals surface area contributed by atoms with Crippen molar-refractivity contribution in [1.82, 2.24) is 14.5 Å². The maximum absolute atomic E-state index is 13.6. The summed E-state index contributed by atoms with van der Waals surface area (Å²) < 4.78 is 31.2. The van der Waals surface area contributed by atoms with Crippen molar-refractivity contribution in [3.63, 3.8) is 0 Å². The molecule has 9 heteroatoms. The molecule has 2 fully saturated rings. The minimum absolute atomic E-state index is 0.0469. The molecule has 2 aliphatic rings. The Morgan fingerprint density at radius 3 is 2.30 bits per heavy atom. The van der Waals surface area contributed by atoms with Crippen LogP contribution in [0.2, 0.25) is 0 Å². The van der Waals surface area contributed by atoms with Crippen LogP contribution in [0.3, 0.4) is 0 Å². The number of amides is 2. The second kappa shape index (κ2) is 10.9. The first kappa shape index (κ1) is 25.5. The van der Waals surface area contributed by atoms with Gasteiger partial charge in [-0.25, -0.2) is 8.42 Å². The summed E-state index contributed by atoms with van der Waals surface area (Å²) in [6.45, 7) is 4.04. The van der Waals surface area contributed by atoms with E-state index in [4.69, 9.17) is 4.74 Å². The van der Waals surface area contributed by atoms with Gasteiger partial charge in [0.25, 0.3) is 0 Å². The standard InChI is InChI=1S/C24H37N3O5S/c1-4-32-21-14-12-19(13-15-21)16-27-22(28)17-26(33(3,30)31)18-24(27,2)23(29)25-20-10-8-6-5-7-9-11-20/h12-15,20H,4-11,16-18H2,1-3H3,(H,25,29)/t24-/m0/s1. The molecule has 1 saturated heterocycles. The third kappa shape index (κ3) is 6.47. The monoisotopic (exact) mass is 479 g/mol. The summed E-state index contributed by atoms with van der Waals surface area (Å²) in [5.74, 6) is 0.0656. The van der Waals surface area contributed by atoms with E-state index in [2.05, 4.69) is 5.32 Å². The van der Waals surface area contributed by atoms with E-state index in [0.717, 1.165) is 60.4 Å². The molecule has 1 aromatic rings. The Morgan fingerprint density at radius 2 is 1.73 bits per heavy atom. The van der Waals surface area contributed by atoms with Crippen LogP contribution in [0.4, 0.5) is 0 Å². The first-order valence-corrected chi connectivity index (χ1v) is 13.8. The van der Waals surface area contributed by atoms with Gasteiger partial charge >= 0.3 is 0 Å². The molecule has 2 amide bonds. The van der Waals surface area contributed by atoms with Gasteiger partial charge in [-0.2, -0.15) is 4.31 Å². The number of piperazine rings is 1. The molecule has 1 aliphatic carbocycles. The van der Waals surface area contributed by atoms with Gasteiger partial charge in [-0.05, 0) is 44.4 Å². The van der Waals surface area contributed by atoms with Crippen LogP contribution in [0.1, 0.15) is 64.4 Å². The molecular formula is C24H37N3O5S. The second-order valence-electron chi connectivity index (χ2n) is 9.38. The van der Waals surface area contributed by atoms with Crippen LogP contribution < -0.4 is 10.1 Å². The lowest BCUT2D eigenvalue weighted by atomic mass is 9.92. The number of hydrogen-bond donors (Lipinski definition) is 1. The zero-order valence-corrected chi connectivity index (χ0v) is 20.8. The fraction of sp³-hybridized carbons (Fsp3) is 0.667. The van der Waals surface area contributed by atoms with E-state index in [1.54, 1.807) is 6.92 Å². The highest BCUT2D eigenvalue weighted by molar-refractivity contribution is 7.88. The van der Waals surface area contributed by atoms with Crippen LogP contribution in [0.25, 0.3) is 0 Å². The van der Waals surface area contributed by atoms with Gasteiger partial charge < -0.3 is 15.0 Å². The Morgan fingerprint density at radius 1 is 1.12 bits per heavy atom. The van der Waals surface area contributed by atoms with Crippen LogP contribution >= 0.6 is 0 Å². The molecule has 184 valence electrons. The lowest BCUT2D eigenvalue weighted by Crippen LogP contribution is -2.69. The van der Waals surface area contributed by atoms with Gasteiger partial charge in [-0.3, -0.25) is 9.59 Å². The zero-order valence-electron chi connectivity index (χ0n) is 20.0. The topological polar surface area (TPSA) is 96.0 Å². The van der Waals surface area contributed by atoms with Gasteiger partial charge in [0.15, 0.2) is 0 Å². The summed E-state index contributed by atoms with van der Waals surface area (Å²) >= 11 is 0. The fourth-order valence-corrected chi connectivity index (χ4v) is 5.50. The molecule has 1 N–H and O–H groups in total. The minimum atomic E-state index is -3.63. The average Bonchev–Trinajstić information content (AvgIpc) is 2.73. The molecule has 3 rings (SSSR count). The maximum atomic E-state index is 13.6. The Balaban J connectivity index is 1.84. The van der Waals surface area contributed by atoms with Crippen molar-refractivity contribution in [2.75, 3.05) is 26.0 Å². The van der Waals surface area contributed by atoms with Crippen LogP contribution in [-0.4, -0.2) is 67.0 Å². The fourth-order valence-electron chi connectivity index (χ4n) is 4.67. The predicted molar refractivity (Wildman–Crippen MR) is 127 cm³/mol. The highest BCUT2D eigenvalue weighted by atomic mass is 32.2. The number of benzene rings is 1. The molecule has 0 aromatic heterocycles. The van der Waals surface area contributed by atoms with Crippen molar-refractivity contribution in [3.05, 3.63) is 29.8 Å². The van der Waals surface area contributed by atoms with Crippen molar-refractivity contribution >= 4 is 21.8 Å². The number of sulfonamides is 1. The smallest absolute Gasteiger partial charge is 0.247 e. The van der Waals surface area contributed by atoms with E-state index in [1.165, 1.54) is 11.3 Å².